The standard InChI is InChI=1S/C19H23N5O3/c25-18(10-12-20-15-7-2-3-9-17(15)24(26)27)22-16-8-6-11-21-19(16)23-13-4-1-5-14-23/h2-3,6-9,11,20H,1,4-5,10,12-14H2,(H,22,25). The molecule has 8 nitrogen and oxygen atoms in total. The number of benzene rings is 1. The first-order valence-corrected chi connectivity index (χ1v) is 9.12. The number of nitrogens with one attached hydrogen (secondary N) is 2. The van der Waals surface area contributed by atoms with E-state index in [0.717, 1.165) is 31.7 Å². The summed E-state index contributed by atoms with van der Waals surface area (Å²) in [4.78, 5) is 29.5. The molecule has 0 unspecified atom stereocenters. The molecular weight excluding hydrogens is 346 g/mol. The van der Waals surface area contributed by atoms with Crippen LogP contribution in [0.15, 0.2) is 42.6 Å². The van der Waals surface area contributed by atoms with E-state index in [2.05, 4.69) is 20.5 Å². The molecule has 1 amide bonds. The summed E-state index contributed by atoms with van der Waals surface area (Å²) in [6.07, 6.45) is 5.41. The Labute approximate surface area is 157 Å². The molecule has 1 aliphatic heterocycles. The number of hydrogen-bond donors (Lipinski definition) is 2. The number of amides is 1. The van der Waals surface area contributed by atoms with E-state index in [0.29, 0.717) is 17.9 Å². The Morgan fingerprint density at radius 2 is 1.85 bits per heavy atom. The van der Waals surface area contributed by atoms with Crippen molar-refractivity contribution in [2.24, 2.45) is 0 Å². The summed E-state index contributed by atoms with van der Waals surface area (Å²) in [7, 11) is 0. The van der Waals surface area contributed by atoms with Gasteiger partial charge in [0.25, 0.3) is 5.69 Å². The molecule has 1 aromatic carbocycles. The van der Waals surface area contributed by atoms with Crippen LogP contribution in [0, 0.1) is 10.1 Å². The third-order valence-corrected chi connectivity index (χ3v) is 4.48. The normalized spacial score (nSPS) is 13.9. The van der Waals surface area contributed by atoms with Crippen molar-refractivity contribution < 1.29 is 9.72 Å². The molecule has 0 radical (unpaired) electrons. The number of piperidine rings is 1. The fraction of sp³-hybridized carbons (Fsp3) is 0.368. The number of pyridine rings is 1. The van der Waals surface area contributed by atoms with Gasteiger partial charge in [-0.1, -0.05) is 12.1 Å². The van der Waals surface area contributed by atoms with Gasteiger partial charge in [0, 0.05) is 38.3 Å². The average molecular weight is 369 g/mol. The van der Waals surface area contributed by atoms with Crippen molar-refractivity contribution in [3.8, 4) is 0 Å². The molecule has 8 heteroatoms. The summed E-state index contributed by atoms with van der Waals surface area (Å²) in [5, 5.41) is 16.9. The van der Waals surface area contributed by atoms with Crippen LogP contribution in [0.2, 0.25) is 0 Å². The molecule has 0 saturated carbocycles. The number of nitro benzene ring substituents is 1. The smallest absolute Gasteiger partial charge is 0.292 e. The molecular formula is C19H23N5O3. The van der Waals surface area contributed by atoms with Crippen LogP contribution in [0.25, 0.3) is 0 Å². The first kappa shape index (κ1) is 18.6. The second-order valence-electron chi connectivity index (χ2n) is 6.42. The lowest BCUT2D eigenvalue weighted by Gasteiger charge is -2.29. The number of carbonyl (C=O) groups excluding carboxylic acids is 1. The number of nitrogens with zero attached hydrogens (tertiary/aromatic N) is 3. The molecule has 142 valence electrons. The van der Waals surface area contributed by atoms with Gasteiger partial charge in [0.15, 0.2) is 5.82 Å². The van der Waals surface area contributed by atoms with Crippen molar-refractivity contribution in [3.63, 3.8) is 0 Å². The lowest BCUT2D eigenvalue weighted by atomic mass is 10.1. The van der Waals surface area contributed by atoms with Crippen LogP contribution in [-0.4, -0.2) is 35.4 Å². The van der Waals surface area contributed by atoms with Crippen molar-refractivity contribution in [1.29, 1.82) is 0 Å². The van der Waals surface area contributed by atoms with Gasteiger partial charge >= 0.3 is 0 Å². The lowest BCUT2D eigenvalue weighted by molar-refractivity contribution is -0.384. The minimum absolute atomic E-state index is 0.00227. The van der Waals surface area contributed by atoms with Gasteiger partial charge in [0.1, 0.15) is 5.69 Å². The Morgan fingerprint density at radius 3 is 2.63 bits per heavy atom. The van der Waals surface area contributed by atoms with Crippen molar-refractivity contribution in [3.05, 3.63) is 52.7 Å². The van der Waals surface area contributed by atoms with E-state index in [1.54, 1.807) is 30.5 Å². The van der Waals surface area contributed by atoms with Crippen LogP contribution >= 0.6 is 0 Å². The summed E-state index contributed by atoms with van der Waals surface area (Å²) >= 11 is 0. The van der Waals surface area contributed by atoms with Gasteiger partial charge in [-0.2, -0.15) is 0 Å². The summed E-state index contributed by atoms with van der Waals surface area (Å²) < 4.78 is 0. The second kappa shape index (κ2) is 8.98. The Hall–Kier alpha value is -3.16. The van der Waals surface area contributed by atoms with Crippen LogP contribution in [-0.2, 0) is 4.79 Å². The summed E-state index contributed by atoms with van der Waals surface area (Å²) in [6.45, 7) is 2.19. The Morgan fingerprint density at radius 1 is 1.11 bits per heavy atom. The molecule has 1 aromatic heterocycles. The first-order valence-electron chi connectivity index (χ1n) is 9.12. The number of carbonyl (C=O) groups is 1. The summed E-state index contributed by atoms with van der Waals surface area (Å²) in [5.41, 5.74) is 1.11. The second-order valence-corrected chi connectivity index (χ2v) is 6.42. The Bertz CT molecular complexity index is 805. The van der Waals surface area contributed by atoms with E-state index >= 15 is 0 Å². The highest BCUT2D eigenvalue weighted by molar-refractivity contribution is 5.93. The monoisotopic (exact) mass is 369 g/mol. The summed E-state index contributed by atoms with van der Waals surface area (Å²) in [5.74, 6) is 0.643. The van der Waals surface area contributed by atoms with E-state index < -0.39 is 4.92 Å². The predicted octanol–water partition coefficient (Wildman–Crippen LogP) is 3.42. The highest BCUT2D eigenvalue weighted by Gasteiger charge is 2.17. The number of anilines is 3. The maximum atomic E-state index is 12.3. The fourth-order valence-corrected chi connectivity index (χ4v) is 3.16. The molecule has 27 heavy (non-hydrogen) atoms. The molecule has 3 rings (SSSR count). The zero-order valence-electron chi connectivity index (χ0n) is 15.1. The minimum atomic E-state index is -0.442. The van der Waals surface area contributed by atoms with Crippen LogP contribution in [0.1, 0.15) is 25.7 Å². The molecule has 2 N–H and O–H groups in total. The Kier molecular flexibility index (Phi) is 6.19. The zero-order valence-corrected chi connectivity index (χ0v) is 15.1. The SMILES string of the molecule is O=C(CCNc1ccccc1[N+](=O)[O-])Nc1cccnc1N1CCCCC1. The van der Waals surface area contributed by atoms with Crippen molar-refractivity contribution >= 4 is 28.8 Å². The van der Waals surface area contributed by atoms with Crippen LogP contribution in [0.5, 0.6) is 0 Å². The molecule has 1 fully saturated rings. The number of aromatic nitrogens is 1. The van der Waals surface area contributed by atoms with Crippen molar-refractivity contribution in [1.82, 2.24) is 4.98 Å². The molecule has 2 aromatic rings. The van der Waals surface area contributed by atoms with Gasteiger partial charge in [0.2, 0.25) is 5.91 Å². The average Bonchev–Trinajstić information content (AvgIpc) is 2.69. The van der Waals surface area contributed by atoms with Gasteiger partial charge in [-0.3, -0.25) is 14.9 Å². The van der Waals surface area contributed by atoms with Crippen LogP contribution < -0.4 is 15.5 Å². The Balaban J connectivity index is 1.57. The van der Waals surface area contributed by atoms with Crippen LogP contribution in [0.3, 0.4) is 0 Å². The van der Waals surface area contributed by atoms with E-state index in [-0.39, 0.29) is 18.0 Å². The third-order valence-electron chi connectivity index (χ3n) is 4.48. The van der Waals surface area contributed by atoms with Gasteiger partial charge in [-0.05, 0) is 37.5 Å². The lowest BCUT2D eigenvalue weighted by Crippen LogP contribution is -2.31. The highest BCUT2D eigenvalue weighted by atomic mass is 16.6. The molecule has 0 aliphatic carbocycles. The number of para-hydroxylation sites is 2. The molecule has 2 heterocycles. The highest BCUT2D eigenvalue weighted by Crippen LogP contribution is 2.26. The topological polar surface area (TPSA) is 100 Å². The molecule has 0 spiro atoms. The van der Waals surface area contributed by atoms with Crippen molar-refractivity contribution in [2.75, 3.05) is 35.2 Å². The molecule has 0 atom stereocenters. The molecule has 1 aliphatic rings. The number of rotatable bonds is 7. The number of nitro groups is 1. The van der Waals surface area contributed by atoms with Crippen LogP contribution in [0.4, 0.5) is 22.9 Å². The largest absolute Gasteiger partial charge is 0.379 e. The maximum absolute atomic E-state index is 12.3. The van der Waals surface area contributed by atoms with Gasteiger partial charge in [-0.15, -0.1) is 0 Å². The van der Waals surface area contributed by atoms with Gasteiger partial charge in [-0.25, -0.2) is 4.98 Å². The predicted molar refractivity (Wildman–Crippen MR) is 105 cm³/mol. The minimum Gasteiger partial charge on any atom is -0.379 e. The maximum Gasteiger partial charge on any atom is 0.292 e. The van der Waals surface area contributed by atoms with E-state index in [4.69, 9.17) is 0 Å². The van der Waals surface area contributed by atoms with Gasteiger partial charge in [0.05, 0.1) is 10.6 Å². The zero-order chi connectivity index (χ0) is 19.1. The van der Waals surface area contributed by atoms with Crippen molar-refractivity contribution in [2.45, 2.75) is 25.7 Å². The molecule has 0 bridgehead atoms. The summed E-state index contributed by atoms with van der Waals surface area (Å²) in [6, 6.07) is 10.0. The molecule has 1 saturated heterocycles. The van der Waals surface area contributed by atoms with E-state index in [9.17, 15) is 14.9 Å². The first-order chi connectivity index (χ1) is 13.1. The quantitative estimate of drug-likeness (QED) is 0.573. The number of hydrogen-bond acceptors (Lipinski definition) is 6. The van der Waals surface area contributed by atoms with E-state index in [1.165, 1.54) is 12.5 Å². The third kappa shape index (κ3) is 4.93. The van der Waals surface area contributed by atoms with E-state index in [1.807, 2.05) is 6.07 Å². The fourth-order valence-electron chi connectivity index (χ4n) is 3.16. The van der Waals surface area contributed by atoms with Gasteiger partial charge < -0.3 is 15.5 Å².